The van der Waals surface area contributed by atoms with Crippen LogP contribution < -0.4 is 5.32 Å². The molecule has 0 saturated carbocycles. The van der Waals surface area contributed by atoms with E-state index < -0.39 is 0 Å². The summed E-state index contributed by atoms with van der Waals surface area (Å²) in [7, 11) is 0. The summed E-state index contributed by atoms with van der Waals surface area (Å²) in [5.41, 5.74) is 2.19. The fourth-order valence-electron chi connectivity index (χ4n) is 3.34. The zero-order valence-electron chi connectivity index (χ0n) is 14.1. The third-order valence-corrected chi connectivity index (χ3v) is 4.78. The number of thiocarbonyl (C=S) groups is 1. The molecule has 0 radical (unpaired) electrons. The van der Waals surface area contributed by atoms with E-state index in [0.29, 0.717) is 12.5 Å². The van der Waals surface area contributed by atoms with Gasteiger partial charge in [0.1, 0.15) is 0 Å². The molecule has 24 heavy (non-hydrogen) atoms. The van der Waals surface area contributed by atoms with Crippen LogP contribution in [-0.4, -0.2) is 37.8 Å². The van der Waals surface area contributed by atoms with E-state index in [4.69, 9.17) is 12.2 Å². The molecule has 6 heteroatoms. The summed E-state index contributed by atoms with van der Waals surface area (Å²) in [5.74, 6) is 0. The average Bonchev–Trinajstić information content (AvgIpc) is 3.18. The summed E-state index contributed by atoms with van der Waals surface area (Å²) in [6.45, 7) is 5.24. The zero-order chi connectivity index (χ0) is 17.1. The Morgan fingerprint density at radius 2 is 2.12 bits per heavy atom. The lowest BCUT2D eigenvalue weighted by molar-refractivity contribution is 0.242. The largest absolute Gasteiger partial charge is 0.396 e. The molecular weight excluding hydrogens is 320 g/mol. The molecule has 0 amide bonds. The molecular formula is C18H24N4OS. The van der Waals surface area contributed by atoms with Crippen molar-refractivity contribution in [2.24, 2.45) is 0 Å². The van der Waals surface area contributed by atoms with Gasteiger partial charge >= 0.3 is 0 Å². The fraction of sp³-hybridized carbons (Fsp3) is 0.444. The Labute approximate surface area is 148 Å². The predicted molar refractivity (Wildman–Crippen MR) is 98.7 cm³/mol. The highest BCUT2D eigenvalue weighted by Gasteiger charge is 2.40. The highest BCUT2D eigenvalue weighted by molar-refractivity contribution is 7.80. The summed E-state index contributed by atoms with van der Waals surface area (Å²) in [6, 6.07) is 10.6. The second-order valence-corrected chi connectivity index (χ2v) is 6.72. The Bertz CT molecular complexity index is 685. The van der Waals surface area contributed by atoms with Crippen LogP contribution in [0, 0.1) is 0 Å². The van der Waals surface area contributed by atoms with Gasteiger partial charge in [-0.25, -0.2) is 0 Å². The fourth-order valence-corrected chi connectivity index (χ4v) is 3.67. The maximum Gasteiger partial charge on any atom is 0.170 e. The molecule has 0 aliphatic carbocycles. The van der Waals surface area contributed by atoms with E-state index in [2.05, 4.69) is 51.9 Å². The van der Waals surface area contributed by atoms with Gasteiger partial charge in [0.15, 0.2) is 5.11 Å². The standard InChI is InChI=1S/C18H24N4OS/c1-13(2)21-10-5-8-15(21)17-16(14-7-3-4-9-19-14)20-18(24)22(17)11-6-12-23/h3-5,7-10,13,16-17,23H,6,11-12H2,1-2H3,(H,20,24). The Balaban J connectivity index is 2.02. The SMILES string of the molecule is CC(C)n1cccc1C1C(c2ccccn2)NC(=S)N1CCCO. The van der Waals surface area contributed by atoms with Crippen molar-refractivity contribution in [3.05, 3.63) is 54.1 Å². The smallest absolute Gasteiger partial charge is 0.170 e. The van der Waals surface area contributed by atoms with Crippen molar-refractivity contribution in [2.75, 3.05) is 13.2 Å². The minimum atomic E-state index is 0.00444. The van der Waals surface area contributed by atoms with Crippen LogP contribution in [0.2, 0.25) is 0 Å². The van der Waals surface area contributed by atoms with Crippen LogP contribution in [0.1, 0.15) is 49.8 Å². The lowest BCUT2D eigenvalue weighted by atomic mass is 10.0. The van der Waals surface area contributed by atoms with Crippen molar-refractivity contribution in [3.63, 3.8) is 0 Å². The maximum atomic E-state index is 9.25. The number of nitrogens with one attached hydrogen (secondary N) is 1. The van der Waals surface area contributed by atoms with Gasteiger partial charge in [-0.1, -0.05) is 6.07 Å². The van der Waals surface area contributed by atoms with Crippen LogP contribution in [0.3, 0.4) is 0 Å². The summed E-state index contributed by atoms with van der Waals surface area (Å²) < 4.78 is 2.28. The minimum absolute atomic E-state index is 0.00444. The first-order chi connectivity index (χ1) is 11.6. The molecule has 0 aromatic carbocycles. The van der Waals surface area contributed by atoms with E-state index in [1.807, 2.05) is 24.4 Å². The molecule has 2 N–H and O–H groups in total. The summed E-state index contributed by atoms with van der Waals surface area (Å²) in [5, 5.41) is 13.4. The number of nitrogens with zero attached hydrogens (tertiary/aromatic N) is 3. The third-order valence-electron chi connectivity index (χ3n) is 4.43. The lowest BCUT2D eigenvalue weighted by Gasteiger charge is -2.29. The molecule has 1 aliphatic heterocycles. The first-order valence-corrected chi connectivity index (χ1v) is 8.80. The van der Waals surface area contributed by atoms with E-state index in [9.17, 15) is 5.11 Å². The van der Waals surface area contributed by atoms with Crippen LogP contribution >= 0.6 is 12.2 Å². The molecule has 128 valence electrons. The van der Waals surface area contributed by atoms with Crippen molar-refractivity contribution in [3.8, 4) is 0 Å². The van der Waals surface area contributed by atoms with Gasteiger partial charge in [-0.3, -0.25) is 4.98 Å². The van der Waals surface area contributed by atoms with Crippen molar-refractivity contribution >= 4 is 17.3 Å². The monoisotopic (exact) mass is 344 g/mol. The topological polar surface area (TPSA) is 53.3 Å². The van der Waals surface area contributed by atoms with Gasteiger partial charge in [-0.2, -0.15) is 0 Å². The number of hydrogen-bond donors (Lipinski definition) is 2. The molecule has 2 aromatic rings. The van der Waals surface area contributed by atoms with Crippen molar-refractivity contribution in [2.45, 2.75) is 38.4 Å². The van der Waals surface area contributed by atoms with Crippen LogP contribution in [0.4, 0.5) is 0 Å². The quantitative estimate of drug-likeness (QED) is 0.789. The van der Waals surface area contributed by atoms with Crippen molar-refractivity contribution in [1.29, 1.82) is 0 Å². The number of aromatic nitrogens is 2. The predicted octanol–water partition coefficient (Wildman–Crippen LogP) is 2.82. The molecule has 3 rings (SSSR count). The zero-order valence-corrected chi connectivity index (χ0v) is 14.9. The van der Waals surface area contributed by atoms with Gasteiger partial charge in [0, 0.05) is 37.3 Å². The first kappa shape index (κ1) is 16.9. The molecule has 1 fully saturated rings. The van der Waals surface area contributed by atoms with Crippen molar-refractivity contribution in [1.82, 2.24) is 19.8 Å². The number of hydrogen-bond acceptors (Lipinski definition) is 3. The van der Waals surface area contributed by atoms with Crippen LogP contribution in [0.15, 0.2) is 42.7 Å². The Morgan fingerprint density at radius 3 is 2.79 bits per heavy atom. The maximum absolute atomic E-state index is 9.25. The molecule has 2 aromatic heterocycles. The van der Waals surface area contributed by atoms with Crippen LogP contribution in [0.25, 0.3) is 0 Å². The highest BCUT2D eigenvalue weighted by Crippen LogP contribution is 2.39. The van der Waals surface area contributed by atoms with Crippen molar-refractivity contribution < 1.29 is 5.11 Å². The summed E-state index contributed by atoms with van der Waals surface area (Å²) >= 11 is 5.59. The number of rotatable bonds is 6. The Kier molecular flexibility index (Phi) is 5.16. The second-order valence-electron chi connectivity index (χ2n) is 6.33. The van der Waals surface area contributed by atoms with E-state index >= 15 is 0 Å². The van der Waals surface area contributed by atoms with E-state index in [1.165, 1.54) is 5.69 Å². The number of aliphatic hydroxyl groups is 1. The van der Waals surface area contributed by atoms with Gasteiger partial charge in [0.05, 0.1) is 17.8 Å². The Morgan fingerprint density at radius 1 is 1.29 bits per heavy atom. The summed E-state index contributed by atoms with van der Waals surface area (Å²) in [6.07, 6.45) is 4.62. The molecule has 0 spiro atoms. The van der Waals surface area contributed by atoms with E-state index in [-0.39, 0.29) is 18.7 Å². The molecule has 0 bridgehead atoms. The van der Waals surface area contributed by atoms with E-state index in [0.717, 1.165) is 17.4 Å². The molecule has 1 saturated heterocycles. The normalized spacial score (nSPS) is 20.7. The van der Waals surface area contributed by atoms with Gasteiger partial charge in [-0.05, 0) is 56.8 Å². The molecule has 2 atom stereocenters. The minimum Gasteiger partial charge on any atom is -0.396 e. The van der Waals surface area contributed by atoms with Crippen LogP contribution in [0.5, 0.6) is 0 Å². The average molecular weight is 344 g/mol. The third kappa shape index (κ3) is 3.16. The van der Waals surface area contributed by atoms with Gasteiger partial charge < -0.3 is 19.9 Å². The van der Waals surface area contributed by atoms with Crippen LogP contribution in [-0.2, 0) is 0 Å². The number of aliphatic hydroxyl groups excluding tert-OH is 1. The lowest BCUT2D eigenvalue weighted by Crippen LogP contribution is -2.32. The highest BCUT2D eigenvalue weighted by atomic mass is 32.1. The summed E-state index contributed by atoms with van der Waals surface area (Å²) in [4.78, 5) is 6.72. The molecule has 5 nitrogen and oxygen atoms in total. The van der Waals surface area contributed by atoms with Gasteiger partial charge in [0.2, 0.25) is 0 Å². The molecule has 1 aliphatic rings. The second kappa shape index (κ2) is 7.32. The molecule has 2 unspecified atom stereocenters. The van der Waals surface area contributed by atoms with Gasteiger partial charge in [0.25, 0.3) is 0 Å². The van der Waals surface area contributed by atoms with E-state index in [1.54, 1.807) is 0 Å². The first-order valence-electron chi connectivity index (χ1n) is 8.39. The number of pyridine rings is 1. The Hall–Kier alpha value is -1.92. The molecule has 3 heterocycles. The van der Waals surface area contributed by atoms with Gasteiger partial charge in [-0.15, -0.1) is 0 Å².